The summed E-state index contributed by atoms with van der Waals surface area (Å²) in [4.78, 5) is 13.0. The van der Waals surface area contributed by atoms with Crippen LogP contribution in [0.25, 0.3) is 16.8 Å². The second-order valence-corrected chi connectivity index (χ2v) is 8.68. The van der Waals surface area contributed by atoms with E-state index in [1.54, 1.807) is 15.6 Å². The van der Waals surface area contributed by atoms with Crippen LogP contribution in [0.1, 0.15) is 44.9 Å². The molecule has 0 N–H and O–H groups in total. The maximum absolute atomic E-state index is 15.1. The molecule has 0 saturated heterocycles. The average Bonchev–Trinajstić information content (AvgIpc) is 3.42. The van der Waals surface area contributed by atoms with E-state index in [1.807, 2.05) is 62.4 Å². The van der Waals surface area contributed by atoms with Crippen molar-refractivity contribution in [3.63, 3.8) is 0 Å². The van der Waals surface area contributed by atoms with Gasteiger partial charge in [-0.15, -0.1) is 5.10 Å². The summed E-state index contributed by atoms with van der Waals surface area (Å²) in [6.07, 6.45) is 3.90. The number of aromatic nitrogens is 6. The summed E-state index contributed by atoms with van der Waals surface area (Å²) in [7, 11) is 0. The lowest BCUT2D eigenvalue weighted by atomic mass is 10.0. The van der Waals surface area contributed by atoms with Gasteiger partial charge in [-0.25, -0.2) is 4.79 Å². The van der Waals surface area contributed by atoms with E-state index >= 15 is 4.39 Å². The van der Waals surface area contributed by atoms with Crippen molar-refractivity contribution in [1.82, 2.24) is 29.3 Å². The maximum atomic E-state index is 15.1. The normalized spacial score (nSPS) is 11.4. The first kappa shape index (κ1) is 22.6. The van der Waals surface area contributed by atoms with Gasteiger partial charge in [-0.3, -0.25) is 9.13 Å². The molecule has 2 aromatic heterocycles. The van der Waals surface area contributed by atoms with E-state index in [-0.39, 0.29) is 11.6 Å². The predicted molar refractivity (Wildman–Crippen MR) is 126 cm³/mol. The van der Waals surface area contributed by atoms with E-state index < -0.39 is 5.95 Å². The van der Waals surface area contributed by atoms with Crippen molar-refractivity contribution in [2.75, 3.05) is 0 Å². The van der Waals surface area contributed by atoms with Gasteiger partial charge in [0, 0.05) is 12.1 Å². The molecule has 0 saturated carbocycles. The van der Waals surface area contributed by atoms with Crippen LogP contribution >= 0.6 is 0 Å². The monoisotopic (exact) mass is 448 g/mol. The number of hydrogen-bond donors (Lipinski definition) is 0. The fraction of sp³-hybridized carbons (Fsp3) is 0.360. The summed E-state index contributed by atoms with van der Waals surface area (Å²) in [5.74, 6) is -0.208. The minimum Gasteiger partial charge on any atom is -0.289 e. The molecule has 0 atom stereocenters. The second-order valence-electron chi connectivity index (χ2n) is 8.68. The summed E-state index contributed by atoms with van der Waals surface area (Å²) in [5, 5.41) is 11.5. The van der Waals surface area contributed by atoms with Gasteiger partial charge in [0.15, 0.2) is 0 Å². The summed E-state index contributed by atoms with van der Waals surface area (Å²) in [5.41, 5.74) is 4.04. The molecule has 2 heterocycles. The van der Waals surface area contributed by atoms with Crippen LogP contribution in [0.3, 0.4) is 0 Å². The van der Waals surface area contributed by atoms with Gasteiger partial charge < -0.3 is 0 Å². The Labute approximate surface area is 192 Å². The van der Waals surface area contributed by atoms with Crippen molar-refractivity contribution >= 4 is 0 Å². The van der Waals surface area contributed by atoms with Crippen molar-refractivity contribution < 1.29 is 4.39 Å². The van der Waals surface area contributed by atoms with Crippen molar-refractivity contribution in [1.29, 1.82) is 0 Å². The zero-order valence-corrected chi connectivity index (χ0v) is 19.3. The van der Waals surface area contributed by atoms with Gasteiger partial charge in [-0.05, 0) is 46.4 Å². The van der Waals surface area contributed by atoms with Gasteiger partial charge in [0.05, 0.1) is 17.9 Å². The SMILES string of the molecule is CCCCc1c(F)n(CC(C)C)c(=O)n1Cc1ccc(-c2ccccc2-n2cnnn2)cc1. The Morgan fingerprint density at radius 2 is 1.79 bits per heavy atom. The molecule has 0 unspecified atom stereocenters. The third-order valence-corrected chi connectivity index (χ3v) is 5.68. The van der Waals surface area contributed by atoms with Gasteiger partial charge in [0.2, 0.25) is 5.95 Å². The number of tetrazole rings is 1. The third kappa shape index (κ3) is 4.79. The molecule has 4 aromatic rings. The van der Waals surface area contributed by atoms with E-state index in [9.17, 15) is 4.79 Å². The molecule has 2 aromatic carbocycles. The van der Waals surface area contributed by atoms with Crippen LogP contribution in [0.4, 0.5) is 4.39 Å². The number of unbranched alkanes of at least 4 members (excludes halogenated alkanes) is 1. The minimum absolute atomic E-state index is 0.187. The predicted octanol–water partition coefficient (Wildman–Crippen LogP) is 4.48. The Bertz CT molecular complexity index is 1260. The Morgan fingerprint density at radius 1 is 1.03 bits per heavy atom. The van der Waals surface area contributed by atoms with Gasteiger partial charge in [-0.2, -0.15) is 9.07 Å². The smallest absolute Gasteiger partial charge is 0.289 e. The molecule has 0 radical (unpaired) electrons. The summed E-state index contributed by atoms with van der Waals surface area (Å²) in [6.45, 7) is 6.76. The van der Waals surface area contributed by atoms with E-state index in [0.717, 1.165) is 35.2 Å². The van der Waals surface area contributed by atoms with Crippen molar-refractivity contribution in [2.24, 2.45) is 5.92 Å². The molecule has 0 spiro atoms. The van der Waals surface area contributed by atoms with Crippen LogP contribution < -0.4 is 5.69 Å². The lowest BCUT2D eigenvalue weighted by Gasteiger charge is -2.11. The highest BCUT2D eigenvalue weighted by molar-refractivity contribution is 5.72. The topological polar surface area (TPSA) is 70.5 Å². The van der Waals surface area contributed by atoms with Crippen LogP contribution in [0.2, 0.25) is 0 Å². The summed E-state index contributed by atoms with van der Waals surface area (Å²) in [6, 6.07) is 15.9. The quantitative estimate of drug-likeness (QED) is 0.379. The lowest BCUT2D eigenvalue weighted by molar-refractivity contribution is 0.424. The van der Waals surface area contributed by atoms with Gasteiger partial charge >= 0.3 is 5.69 Å². The van der Waals surface area contributed by atoms with Crippen LogP contribution in [-0.2, 0) is 19.5 Å². The number of rotatable bonds is 9. The van der Waals surface area contributed by atoms with Gasteiger partial charge in [-0.1, -0.05) is 69.7 Å². The highest BCUT2D eigenvalue weighted by atomic mass is 19.1. The first-order valence-corrected chi connectivity index (χ1v) is 11.4. The molecule has 0 aliphatic carbocycles. The Hall–Kier alpha value is -3.55. The fourth-order valence-electron chi connectivity index (χ4n) is 4.04. The van der Waals surface area contributed by atoms with Crippen LogP contribution in [-0.4, -0.2) is 29.3 Å². The van der Waals surface area contributed by atoms with E-state index in [2.05, 4.69) is 22.4 Å². The lowest BCUT2D eigenvalue weighted by Crippen LogP contribution is -2.27. The number of halogens is 1. The number of imidazole rings is 1. The molecule has 172 valence electrons. The Morgan fingerprint density at radius 3 is 2.45 bits per heavy atom. The van der Waals surface area contributed by atoms with Crippen molar-refractivity contribution in [2.45, 2.75) is 53.1 Å². The first-order valence-electron chi connectivity index (χ1n) is 11.4. The molecule has 7 nitrogen and oxygen atoms in total. The largest absolute Gasteiger partial charge is 0.330 e. The van der Waals surface area contributed by atoms with Gasteiger partial charge in [0.1, 0.15) is 6.33 Å². The summed E-state index contributed by atoms with van der Waals surface area (Å²) >= 11 is 0. The molecule has 0 amide bonds. The van der Waals surface area contributed by atoms with E-state index in [4.69, 9.17) is 0 Å². The zero-order valence-electron chi connectivity index (χ0n) is 19.3. The molecular weight excluding hydrogens is 419 g/mol. The maximum Gasteiger partial charge on any atom is 0.330 e. The number of para-hydroxylation sites is 1. The van der Waals surface area contributed by atoms with Crippen LogP contribution in [0, 0.1) is 11.9 Å². The number of benzene rings is 2. The first-order chi connectivity index (χ1) is 16.0. The standard InChI is InChI=1S/C25H29FN6O/c1-4-5-9-23-24(26)31(15-18(2)3)25(33)30(23)16-19-11-13-20(14-12-19)21-8-6-7-10-22(21)32-17-27-28-29-32/h6-8,10-14,17-18H,4-5,9,15-16H2,1-3H3. The average molecular weight is 449 g/mol. The minimum atomic E-state index is -0.394. The molecule has 0 aliphatic heterocycles. The van der Waals surface area contributed by atoms with Crippen LogP contribution in [0.5, 0.6) is 0 Å². The summed E-state index contributed by atoms with van der Waals surface area (Å²) < 4.78 is 19.6. The third-order valence-electron chi connectivity index (χ3n) is 5.68. The number of nitrogens with zero attached hydrogens (tertiary/aromatic N) is 6. The molecular formula is C25H29FN6O. The molecule has 4 rings (SSSR count). The van der Waals surface area contributed by atoms with Crippen molar-refractivity contribution in [3.8, 4) is 16.8 Å². The second kappa shape index (κ2) is 9.94. The highest BCUT2D eigenvalue weighted by Crippen LogP contribution is 2.26. The van der Waals surface area contributed by atoms with Crippen molar-refractivity contribution in [3.05, 3.63) is 82.5 Å². The zero-order chi connectivity index (χ0) is 23.4. The molecule has 0 aliphatic rings. The van der Waals surface area contributed by atoms with Crippen LogP contribution in [0.15, 0.2) is 59.7 Å². The molecule has 0 fully saturated rings. The molecule has 0 bridgehead atoms. The van der Waals surface area contributed by atoms with E-state index in [1.165, 1.54) is 4.57 Å². The van der Waals surface area contributed by atoms with Gasteiger partial charge in [0.25, 0.3) is 0 Å². The highest BCUT2D eigenvalue weighted by Gasteiger charge is 2.20. The Balaban J connectivity index is 1.65. The fourth-order valence-corrected chi connectivity index (χ4v) is 4.04. The number of hydrogen-bond acceptors (Lipinski definition) is 4. The molecule has 8 heteroatoms. The molecule has 33 heavy (non-hydrogen) atoms. The van der Waals surface area contributed by atoms with E-state index in [0.29, 0.717) is 25.2 Å². The Kier molecular flexibility index (Phi) is 6.82.